The summed E-state index contributed by atoms with van der Waals surface area (Å²) in [4.78, 5) is 27.9. The number of hydrogen-bond donors (Lipinski definition) is 1. The zero-order chi connectivity index (χ0) is 24.9. The molecule has 6 heteroatoms. The minimum absolute atomic E-state index is 0.00702. The Morgan fingerprint density at radius 1 is 1.06 bits per heavy atom. The van der Waals surface area contributed by atoms with Crippen molar-refractivity contribution in [3.8, 4) is 5.75 Å². The van der Waals surface area contributed by atoms with Crippen LogP contribution in [0.4, 0.5) is 0 Å². The number of ether oxygens (including phenoxy) is 2. The second-order valence-corrected chi connectivity index (χ2v) is 9.52. The van der Waals surface area contributed by atoms with Crippen LogP contribution in [-0.2, 0) is 16.0 Å². The average molecular weight is 485 g/mol. The van der Waals surface area contributed by atoms with Gasteiger partial charge in [-0.2, -0.15) is 0 Å². The zero-order valence-electron chi connectivity index (χ0n) is 20.6. The van der Waals surface area contributed by atoms with E-state index in [0.29, 0.717) is 24.4 Å². The first-order valence-corrected chi connectivity index (χ1v) is 12.6. The minimum atomic E-state index is -0.238. The van der Waals surface area contributed by atoms with Crippen LogP contribution in [0.25, 0.3) is 0 Å². The number of rotatable bonds is 7. The van der Waals surface area contributed by atoms with Gasteiger partial charge >= 0.3 is 0 Å². The van der Waals surface area contributed by atoms with E-state index >= 15 is 0 Å². The maximum absolute atomic E-state index is 13.6. The molecule has 1 fully saturated rings. The van der Waals surface area contributed by atoms with E-state index in [1.54, 1.807) is 0 Å². The molecule has 0 aliphatic carbocycles. The van der Waals surface area contributed by atoms with Crippen molar-refractivity contribution >= 4 is 11.8 Å². The Kier molecular flexibility index (Phi) is 7.33. The molecule has 5 rings (SSSR count). The van der Waals surface area contributed by atoms with Gasteiger partial charge in [-0.1, -0.05) is 54.1 Å². The number of benzene rings is 3. The Bertz CT molecular complexity index is 1220. The molecule has 3 aromatic rings. The third kappa shape index (κ3) is 5.44. The number of nitrogens with zero attached hydrogens (tertiary/aromatic N) is 1. The first kappa shape index (κ1) is 24.1. The van der Waals surface area contributed by atoms with Crippen LogP contribution >= 0.6 is 0 Å². The normalized spacial score (nSPS) is 19.0. The molecule has 2 atom stereocenters. The molecule has 2 aliphatic heterocycles. The van der Waals surface area contributed by atoms with Crippen molar-refractivity contribution in [2.24, 2.45) is 0 Å². The van der Waals surface area contributed by atoms with Crippen LogP contribution in [0.1, 0.15) is 51.5 Å². The van der Waals surface area contributed by atoms with Crippen LogP contribution in [0.5, 0.6) is 5.75 Å². The van der Waals surface area contributed by atoms with E-state index < -0.39 is 0 Å². The third-order valence-corrected chi connectivity index (χ3v) is 6.91. The molecule has 2 aliphatic rings. The van der Waals surface area contributed by atoms with E-state index in [4.69, 9.17) is 9.47 Å². The Hall–Kier alpha value is -3.64. The van der Waals surface area contributed by atoms with Crippen molar-refractivity contribution in [3.63, 3.8) is 0 Å². The molecule has 0 bridgehead atoms. The number of hydrogen-bond acceptors (Lipinski definition) is 4. The van der Waals surface area contributed by atoms with E-state index in [2.05, 4.69) is 36.5 Å². The molecule has 6 nitrogen and oxygen atoms in total. The van der Waals surface area contributed by atoms with E-state index in [1.165, 1.54) is 5.56 Å². The third-order valence-electron chi connectivity index (χ3n) is 6.91. The smallest absolute Gasteiger partial charge is 0.258 e. The van der Waals surface area contributed by atoms with E-state index in [0.717, 1.165) is 42.6 Å². The number of nitrogens with one attached hydrogen (secondary N) is 1. The van der Waals surface area contributed by atoms with Crippen LogP contribution < -0.4 is 10.1 Å². The highest BCUT2D eigenvalue weighted by molar-refractivity contribution is 5.95. The Morgan fingerprint density at radius 2 is 1.92 bits per heavy atom. The van der Waals surface area contributed by atoms with Crippen LogP contribution in [-0.4, -0.2) is 49.1 Å². The number of carbonyl (C=O) groups excluding carboxylic acids is 2. The Labute approximate surface area is 212 Å². The molecule has 36 heavy (non-hydrogen) atoms. The number of carbonyl (C=O) groups is 2. The summed E-state index contributed by atoms with van der Waals surface area (Å²) in [6, 6.07) is 23.4. The summed E-state index contributed by atoms with van der Waals surface area (Å²) < 4.78 is 11.4. The largest absolute Gasteiger partial charge is 0.484 e. The summed E-state index contributed by atoms with van der Waals surface area (Å²) in [5.74, 6) is 0.458. The molecule has 3 aromatic carbocycles. The van der Waals surface area contributed by atoms with Gasteiger partial charge in [-0.25, -0.2) is 0 Å². The van der Waals surface area contributed by atoms with Gasteiger partial charge in [0.1, 0.15) is 5.75 Å². The molecule has 2 heterocycles. The van der Waals surface area contributed by atoms with Crippen molar-refractivity contribution in [2.45, 2.75) is 38.3 Å². The topological polar surface area (TPSA) is 67.9 Å². The lowest BCUT2D eigenvalue weighted by atomic mass is 9.87. The molecule has 1 saturated heterocycles. The maximum Gasteiger partial charge on any atom is 0.258 e. The van der Waals surface area contributed by atoms with Gasteiger partial charge in [0, 0.05) is 25.3 Å². The van der Waals surface area contributed by atoms with Gasteiger partial charge < -0.3 is 19.7 Å². The lowest BCUT2D eigenvalue weighted by Crippen LogP contribution is -2.40. The van der Waals surface area contributed by atoms with Crippen molar-refractivity contribution in [1.29, 1.82) is 0 Å². The van der Waals surface area contributed by atoms with Gasteiger partial charge in [0.2, 0.25) is 0 Å². The predicted molar refractivity (Wildman–Crippen MR) is 138 cm³/mol. The number of fused-ring (bicyclic) bond motifs is 1. The van der Waals surface area contributed by atoms with Crippen LogP contribution in [0, 0.1) is 6.92 Å². The monoisotopic (exact) mass is 484 g/mol. The summed E-state index contributed by atoms with van der Waals surface area (Å²) in [5, 5.41) is 2.90. The fourth-order valence-corrected chi connectivity index (χ4v) is 5.08. The van der Waals surface area contributed by atoms with Gasteiger partial charge in [-0.05, 0) is 67.1 Å². The Morgan fingerprint density at radius 3 is 2.69 bits per heavy atom. The second-order valence-electron chi connectivity index (χ2n) is 9.52. The quantitative estimate of drug-likeness (QED) is 0.538. The minimum Gasteiger partial charge on any atom is -0.484 e. The van der Waals surface area contributed by atoms with Gasteiger partial charge in [0.15, 0.2) is 6.61 Å². The van der Waals surface area contributed by atoms with Crippen molar-refractivity contribution in [1.82, 2.24) is 10.2 Å². The first-order chi connectivity index (χ1) is 17.6. The summed E-state index contributed by atoms with van der Waals surface area (Å²) in [5.41, 5.74) is 5.10. The molecule has 1 N–H and O–H groups in total. The summed E-state index contributed by atoms with van der Waals surface area (Å²) in [6.45, 7) is 3.90. The van der Waals surface area contributed by atoms with E-state index in [1.807, 2.05) is 53.4 Å². The molecule has 2 amide bonds. The molecule has 0 spiro atoms. The lowest BCUT2D eigenvalue weighted by Gasteiger charge is -2.38. The molecule has 0 unspecified atom stereocenters. The van der Waals surface area contributed by atoms with Gasteiger partial charge in [-0.3, -0.25) is 9.59 Å². The highest BCUT2D eigenvalue weighted by atomic mass is 16.5. The number of aryl methyl sites for hydroxylation is 1. The van der Waals surface area contributed by atoms with Crippen molar-refractivity contribution in [3.05, 3.63) is 101 Å². The average Bonchev–Trinajstić information content (AvgIpc) is 3.44. The fraction of sp³-hybridized carbons (Fsp3) is 0.333. The molecule has 0 saturated carbocycles. The highest BCUT2D eigenvalue weighted by Crippen LogP contribution is 2.38. The van der Waals surface area contributed by atoms with E-state index in [-0.39, 0.29) is 30.6 Å². The standard InChI is InChI=1S/C30H32N2O4/c1-21-7-5-10-24(17-21)29-27-18-25(36-20-28(33)31-19-26-11-6-16-35-26)13-12-22(27)14-15-32(29)30(34)23-8-3-2-4-9-23/h2-5,7-10,12-13,17-18,26,29H,6,11,14-16,19-20H2,1H3,(H,31,33)/t26-,29+/m1/s1. The van der Waals surface area contributed by atoms with Crippen LogP contribution in [0.2, 0.25) is 0 Å². The summed E-state index contributed by atoms with van der Waals surface area (Å²) >= 11 is 0. The number of amides is 2. The van der Waals surface area contributed by atoms with Gasteiger partial charge in [-0.15, -0.1) is 0 Å². The fourth-order valence-electron chi connectivity index (χ4n) is 5.08. The van der Waals surface area contributed by atoms with Gasteiger partial charge in [0.25, 0.3) is 11.8 Å². The second kappa shape index (κ2) is 11.0. The zero-order valence-corrected chi connectivity index (χ0v) is 20.6. The predicted octanol–water partition coefficient (Wildman–Crippen LogP) is 4.46. The van der Waals surface area contributed by atoms with Crippen LogP contribution in [0.3, 0.4) is 0 Å². The Balaban J connectivity index is 1.38. The molecule has 0 aromatic heterocycles. The summed E-state index contributed by atoms with van der Waals surface area (Å²) in [7, 11) is 0. The first-order valence-electron chi connectivity index (χ1n) is 12.6. The van der Waals surface area contributed by atoms with Crippen LogP contribution in [0.15, 0.2) is 72.8 Å². The lowest BCUT2D eigenvalue weighted by molar-refractivity contribution is -0.123. The van der Waals surface area contributed by atoms with Crippen molar-refractivity contribution < 1.29 is 19.1 Å². The molecular weight excluding hydrogens is 452 g/mol. The molecular formula is C30H32N2O4. The summed E-state index contributed by atoms with van der Waals surface area (Å²) in [6.07, 6.45) is 2.88. The van der Waals surface area contributed by atoms with Gasteiger partial charge in [0.05, 0.1) is 12.1 Å². The molecule has 0 radical (unpaired) electrons. The van der Waals surface area contributed by atoms with Crippen molar-refractivity contribution in [2.75, 3.05) is 26.3 Å². The maximum atomic E-state index is 13.6. The highest BCUT2D eigenvalue weighted by Gasteiger charge is 2.33. The SMILES string of the molecule is Cc1cccc([C@H]2c3cc(OCC(=O)NC[C@H]4CCCO4)ccc3CCN2C(=O)c2ccccc2)c1. The van der Waals surface area contributed by atoms with E-state index in [9.17, 15) is 9.59 Å². The molecule has 186 valence electrons.